The molecule has 1 aliphatic rings. The minimum atomic E-state index is -0.0505. The zero-order chi connectivity index (χ0) is 21.9. The molecule has 0 aliphatic carbocycles. The number of carbonyl (C=O) groups excluding carboxylic acids is 1. The van der Waals surface area contributed by atoms with E-state index in [4.69, 9.17) is 4.99 Å². The number of benzene rings is 2. The number of anilines is 1. The van der Waals surface area contributed by atoms with Gasteiger partial charge in [0.05, 0.1) is 6.54 Å². The average molecular weight is 422 g/mol. The van der Waals surface area contributed by atoms with Gasteiger partial charge in [-0.2, -0.15) is 0 Å². The molecule has 31 heavy (non-hydrogen) atoms. The zero-order valence-corrected chi connectivity index (χ0v) is 18.7. The fourth-order valence-corrected chi connectivity index (χ4v) is 3.95. The van der Waals surface area contributed by atoms with Crippen molar-refractivity contribution in [3.8, 4) is 0 Å². The number of amides is 1. The topological polar surface area (TPSA) is 68.8 Å². The SMILES string of the molecule is CCNC(=NCC1CCCN1Cc1ccccc1)NCCc1ccc(NC(C)=O)cc1. The number of likely N-dealkylation sites (tertiary alicyclic amines) is 1. The van der Waals surface area contributed by atoms with Crippen molar-refractivity contribution < 1.29 is 4.79 Å². The Labute approximate surface area is 186 Å². The summed E-state index contributed by atoms with van der Waals surface area (Å²) in [4.78, 5) is 18.6. The number of nitrogens with one attached hydrogen (secondary N) is 3. The van der Waals surface area contributed by atoms with Crippen molar-refractivity contribution in [3.05, 3.63) is 65.7 Å². The van der Waals surface area contributed by atoms with Gasteiger partial charge >= 0.3 is 0 Å². The van der Waals surface area contributed by atoms with E-state index >= 15 is 0 Å². The lowest BCUT2D eigenvalue weighted by Gasteiger charge is -2.23. The van der Waals surface area contributed by atoms with Gasteiger partial charge in [0.25, 0.3) is 0 Å². The lowest BCUT2D eigenvalue weighted by atomic mass is 10.1. The molecule has 6 heteroatoms. The van der Waals surface area contributed by atoms with Crippen LogP contribution in [0.3, 0.4) is 0 Å². The molecule has 166 valence electrons. The Morgan fingerprint density at radius 1 is 1.06 bits per heavy atom. The quantitative estimate of drug-likeness (QED) is 0.429. The smallest absolute Gasteiger partial charge is 0.221 e. The molecule has 1 amide bonds. The molecule has 0 saturated carbocycles. The van der Waals surface area contributed by atoms with E-state index in [0.717, 1.165) is 50.8 Å². The van der Waals surface area contributed by atoms with Crippen LogP contribution in [0, 0.1) is 0 Å². The van der Waals surface area contributed by atoms with Crippen molar-refractivity contribution in [3.63, 3.8) is 0 Å². The van der Waals surface area contributed by atoms with E-state index in [1.54, 1.807) is 0 Å². The second kappa shape index (κ2) is 12.1. The fraction of sp³-hybridized carbons (Fsp3) is 0.440. The van der Waals surface area contributed by atoms with Gasteiger partial charge in [0, 0.05) is 38.3 Å². The molecule has 0 aromatic heterocycles. The first-order valence-corrected chi connectivity index (χ1v) is 11.3. The second-order valence-electron chi connectivity index (χ2n) is 8.03. The standard InChI is InChI=1S/C25H35N5O/c1-3-26-25(27-16-15-21-11-13-23(14-12-21)29-20(2)31)28-18-24-10-7-17-30(24)19-22-8-5-4-6-9-22/h4-6,8-9,11-14,24H,3,7,10,15-19H2,1-2H3,(H,29,31)(H2,26,27,28). The molecule has 3 rings (SSSR count). The van der Waals surface area contributed by atoms with E-state index in [9.17, 15) is 4.79 Å². The Morgan fingerprint density at radius 3 is 2.55 bits per heavy atom. The van der Waals surface area contributed by atoms with Gasteiger partial charge in [-0.05, 0) is 56.0 Å². The number of nitrogens with zero attached hydrogens (tertiary/aromatic N) is 2. The Bertz CT molecular complexity index is 835. The molecule has 1 unspecified atom stereocenters. The van der Waals surface area contributed by atoms with E-state index < -0.39 is 0 Å². The van der Waals surface area contributed by atoms with E-state index in [0.29, 0.717) is 6.04 Å². The predicted octanol–water partition coefficient (Wildman–Crippen LogP) is 3.41. The monoisotopic (exact) mass is 421 g/mol. The molecule has 1 aliphatic heterocycles. The van der Waals surface area contributed by atoms with Gasteiger partial charge in [0.1, 0.15) is 0 Å². The van der Waals surface area contributed by atoms with Crippen LogP contribution >= 0.6 is 0 Å². The molecule has 1 saturated heterocycles. The number of rotatable bonds is 9. The van der Waals surface area contributed by atoms with Crippen molar-refractivity contribution in [1.82, 2.24) is 15.5 Å². The van der Waals surface area contributed by atoms with Gasteiger partial charge in [0.15, 0.2) is 5.96 Å². The highest BCUT2D eigenvalue weighted by atomic mass is 16.1. The minimum absolute atomic E-state index is 0.0505. The molecule has 2 aromatic carbocycles. The highest BCUT2D eigenvalue weighted by molar-refractivity contribution is 5.88. The van der Waals surface area contributed by atoms with Gasteiger partial charge in [0.2, 0.25) is 5.91 Å². The van der Waals surface area contributed by atoms with Crippen molar-refractivity contribution in [2.45, 2.75) is 45.7 Å². The molecule has 6 nitrogen and oxygen atoms in total. The number of hydrogen-bond acceptors (Lipinski definition) is 3. The van der Waals surface area contributed by atoms with Gasteiger partial charge in [-0.1, -0.05) is 42.5 Å². The van der Waals surface area contributed by atoms with Crippen molar-refractivity contribution >= 4 is 17.6 Å². The first-order valence-electron chi connectivity index (χ1n) is 11.3. The maximum Gasteiger partial charge on any atom is 0.221 e. The normalized spacial score (nSPS) is 16.8. The summed E-state index contributed by atoms with van der Waals surface area (Å²) in [6, 6.07) is 19.2. The predicted molar refractivity (Wildman–Crippen MR) is 128 cm³/mol. The number of carbonyl (C=O) groups is 1. The van der Waals surface area contributed by atoms with Gasteiger partial charge in [-0.25, -0.2) is 0 Å². The summed E-state index contributed by atoms with van der Waals surface area (Å²) < 4.78 is 0. The first-order chi connectivity index (χ1) is 15.1. The van der Waals surface area contributed by atoms with Crippen molar-refractivity contribution in [2.75, 3.05) is 31.5 Å². The fourth-order valence-electron chi connectivity index (χ4n) is 3.95. The maximum absolute atomic E-state index is 11.1. The van der Waals surface area contributed by atoms with Crippen LogP contribution in [0.25, 0.3) is 0 Å². The Balaban J connectivity index is 1.48. The molecular formula is C25H35N5O. The van der Waals surface area contributed by atoms with E-state index in [2.05, 4.69) is 70.2 Å². The molecule has 0 radical (unpaired) electrons. The molecule has 3 N–H and O–H groups in total. The van der Waals surface area contributed by atoms with Crippen LogP contribution in [0.5, 0.6) is 0 Å². The molecule has 1 fully saturated rings. The summed E-state index contributed by atoms with van der Waals surface area (Å²) in [6.45, 7) is 8.22. The molecule has 1 atom stereocenters. The van der Waals surface area contributed by atoms with Crippen molar-refractivity contribution in [2.24, 2.45) is 4.99 Å². The molecular weight excluding hydrogens is 386 g/mol. The van der Waals surface area contributed by atoms with Crippen LogP contribution in [0.4, 0.5) is 5.69 Å². The van der Waals surface area contributed by atoms with Gasteiger partial charge < -0.3 is 16.0 Å². The number of guanidine groups is 1. The summed E-state index contributed by atoms with van der Waals surface area (Å²) >= 11 is 0. The molecule has 0 bridgehead atoms. The first kappa shape index (κ1) is 22.8. The third-order valence-corrected chi connectivity index (χ3v) is 5.51. The van der Waals surface area contributed by atoms with Crippen LogP contribution in [0.1, 0.15) is 37.8 Å². The van der Waals surface area contributed by atoms with E-state index in [1.807, 2.05) is 12.1 Å². The summed E-state index contributed by atoms with van der Waals surface area (Å²) in [7, 11) is 0. The Kier molecular flexibility index (Phi) is 8.91. The summed E-state index contributed by atoms with van der Waals surface area (Å²) in [5, 5.41) is 9.61. The Hall–Kier alpha value is -2.86. The van der Waals surface area contributed by atoms with Crippen LogP contribution in [0.2, 0.25) is 0 Å². The highest BCUT2D eigenvalue weighted by Crippen LogP contribution is 2.20. The molecule has 1 heterocycles. The van der Waals surface area contributed by atoms with Crippen LogP contribution < -0.4 is 16.0 Å². The minimum Gasteiger partial charge on any atom is -0.357 e. The highest BCUT2D eigenvalue weighted by Gasteiger charge is 2.24. The van der Waals surface area contributed by atoms with E-state index in [-0.39, 0.29) is 5.91 Å². The van der Waals surface area contributed by atoms with Crippen LogP contribution in [-0.4, -0.2) is 49.0 Å². The van der Waals surface area contributed by atoms with Gasteiger partial charge in [-0.3, -0.25) is 14.7 Å². The maximum atomic E-state index is 11.1. The van der Waals surface area contributed by atoms with Gasteiger partial charge in [-0.15, -0.1) is 0 Å². The molecule has 2 aromatic rings. The zero-order valence-electron chi connectivity index (χ0n) is 18.7. The second-order valence-corrected chi connectivity index (χ2v) is 8.03. The van der Waals surface area contributed by atoms with Crippen LogP contribution in [-0.2, 0) is 17.8 Å². The third kappa shape index (κ3) is 7.72. The summed E-state index contributed by atoms with van der Waals surface area (Å²) in [6.07, 6.45) is 3.34. The van der Waals surface area contributed by atoms with E-state index in [1.165, 1.54) is 30.9 Å². The number of hydrogen-bond donors (Lipinski definition) is 3. The lowest BCUT2D eigenvalue weighted by molar-refractivity contribution is -0.114. The third-order valence-electron chi connectivity index (χ3n) is 5.51. The summed E-state index contributed by atoms with van der Waals surface area (Å²) in [5.41, 5.74) is 3.42. The lowest BCUT2D eigenvalue weighted by Crippen LogP contribution is -2.40. The Morgan fingerprint density at radius 2 is 1.84 bits per heavy atom. The van der Waals surface area contributed by atoms with Crippen LogP contribution in [0.15, 0.2) is 59.6 Å². The number of aliphatic imine (C=N–C) groups is 1. The molecule has 0 spiro atoms. The summed E-state index contributed by atoms with van der Waals surface area (Å²) in [5.74, 6) is 0.828. The average Bonchev–Trinajstić information content (AvgIpc) is 3.20. The van der Waals surface area contributed by atoms with Crippen molar-refractivity contribution in [1.29, 1.82) is 0 Å². The largest absolute Gasteiger partial charge is 0.357 e.